The number of rotatable bonds is 2. The number of nitrogens with zero attached hydrogens (tertiary/aromatic N) is 4. The summed E-state index contributed by atoms with van der Waals surface area (Å²) < 4.78 is 11.2. The van der Waals surface area contributed by atoms with Gasteiger partial charge in [0.05, 0.1) is 42.1 Å². The van der Waals surface area contributed by atoms with Gasteiger partial charge in [-0.05, 0) is 25.8 Å². The maximum Gasteiger partial charge on any atom is 0.257 e. The lowest BCUT2D eigenvalue weighted by Gasteiger charge is -2.46. The Balaban J connectivity index is 1.45. The number of aromatic nitrogens is 2. The molecular weight excluding hydrogens is 336 g/mol. The second-order valence-electron chi connectivity index (χ2n) is 6.73. The molecule has 0 N–H and O–H groups in total. The molecule has 2 amide bonds. The van der Waals surface area contributed by atoms with Crippen LogP contribution in [-0.2, 0) is 9.53 Å². The van der Waals surface area contributed by atoms with Gasteiger partial charge in [-0.2, -0.15) is 0 Å². The molecule has 2 fully saturated rings. The fraction of sp³-hybridized carbons (Fsp3) is 0.444. The highest BCUT2D eigenvalue weighted by Gasteiger charge is 2.43. The molecule has 8 nitrogen and oxygen atoms in total. The van der Waals surface area contributed by atoms with E-state index in [-0.39, 0.29) is 18.4 Å². The lowest BCUT2D eigenvalue weighted by Crippen LogP contribution is -2.59. The van der Waals surface area contributed by atoms with E-state index in [9.17, 15) is 9.59 Å². The first-order valence-corrected chi connectivity index (χ1v) is 8.61. The zero-order valence-corrected chi connectivity index (χ0v) is 14.6. The van der Waals surface area contributed by atoms with E-state index in [1.165, 1.54) is 12.6 Å². The van der Waals surface area contributed by atoms with Crippen LogP contribution in [0.1, 0.15) is 29.0 Å². The normalized spacial score (nSPS) is 19.8. The maximum atomic E-state index is 12.6. The van der Waals surface area contributed by atoms with E-state index in [2.05, 4.69) is 9.97 Å². The summed E-state index contributed by atoms with van der Waals surface area (Å²) in [6, 6.07) is 1.70. The fourth-order valence-electron chi connectivity index (χ4n) is 3.58. The van der Waals surface area contributed by atoms with Crippen LogP contribution < -0.4 is 4.90 Å². The van der Waals surface area contributed by atoms with Gasteiger partial charge in [0, 0.05) is 13.1 Å². The van der Waals surface area contributed by atoms with Crippen molar-refractivity contribution in [3.05, 3.63) is 42.4 Å². The summed E-state index contributed by atoms with van der Waals surface area (Å²) in [4.78, 5) is 36.4. The molecular formula is C18H20N4O4. The number of morpholine rings is 1. The molecule has 8 heteroatoms. The summed E-state index contributed by atoms with van der Waals surface area (Å²) in [6.07, 6.45) is 7.57. The number of amides is 2. The van der Waals surface area contributed by atoms with Crippen LogP contribution in [0.4, 0.5) is 5.69 Å². The molecule has 26 heavy (non-hydrogen) atoms. The average molecular weight is 356 g/mol. The number of aryl methyl sites for hydroxylation is 1. The van der Waals surface area contributed by atoms with Crippen molar-refractivity contribution < 1.29 is 18.7 Å². The smallest absolute Gasteiger partial charge is 0.257 e. The summed E-state index contributed by atoms with van der Waals surface area (Å²) in [5.74, 6) is 0.509. The van der Waals surface area contributed by atoms with Crippen molar-refractivity contribution in [1.82, 2.24) is 14.9 Å². The molecule has 0 aliphatic carbocycles. The summed E-state index contributed by atoms with van der Waals surface area (Å²) in [7, 11) is 0. The number of likely N-dealkylation sites (tertiary alicyclic amines) is 1. The highest BCUT2D eigenvalue weighted by Crippen LogP contribution is 2.33. The molecule has 2 aromatic rings. The summed E-state index contributed by atoms with van der Waals surface area (Å²) >= 11 is 0. The first-order valence-electron chi connectivity index (χ1n) is 8.61. The van der Waals surface area contributed by atoms with E-state index in [0.29, 0.717) is 49.5 Å². The zero-order chi connectivity index (χ0) is 18.1. The third-order valence-corrected chi connectivity index (χ3v) is 5.16. The van der Waals surface area contributed by atoms with Gasteiger partial charge in [-0.25, -0.2) is 9.97 Å². The second-order valence-corrected chi connectivity index (χ2v) is 6.73. The molecule has 0 aromatic carbocycles. The van der Waals surface area contributed by atoms with Gasteiger partial charge in [-0.3, -0.25) is 9.59 Å². The molecule has 0 unspecified atom stereocenters. The molecule has 2 aliphatic rings. The fourth-order valence-corrected chi connectivity index (χ4v) is 3.58. The molecule has 4 rings (SSSR count). The van der Waals surface area contributed by atoms with E-state index in [4.69, 9.17) is 9.15 Å². The molecule has 0 atom stereocenters. The minimum Gasteiger partial charge on any atom is -0.469 e. The van der Waals surface area contributed by atoms with E-state index < -0.39 is 5.60 Å². The lowest BCUT2D eigenvalue weighted by atomic mass is 9.88. The van der Waals surface area contributed by atoms with E-state index in [1.54, 1.807) is 30.3 Å². The zero-order valence-electron chi connectivity index (χ0n) is 14.6. The van der Waals surface area contributed by atoms with Gasteiger partial charge in [-0.15, -0.1) is 0 Å². The minimum atomic E-state index is -0.439. The van der Waals surface area contributed by atoms with E-state index in [0.717, 1.165) is 0 Å². The van der Waals surface area contributed by atoms with Crippen molar-refractivity contribution in [3.63, 3.8) is 0 Å². The number of hydrogen-bond donors (Lipinski definition) is 0. The van der Waals surface area contributed by atoms with Crippen LogP contribution in [0.15, 0.2) is 35.5 Å². The van der Waals surface area contributed by atoms with Crippen molar-refractivity contribution in [2.24, 2.45) is 0 Å². The highest BCUT2D eigenvalue weighted by molar-refractivity contribution is 5.96. The SMILES string of the molecule is Cc1occc1C(=O)N1CCC2(CC1)CN(c1cncnc1)C(=O)CO2. The standard InChI is InChI=1S/C18H20N4O4/c1-13-15(2-7-25-13)17(24)21-5-3-18(4-6-21)11-22(16(23)10-26-18)14-8-19-12-20-9-14/h2,7-9,12H,3-6,10-11H2,1H3. The van der Waals surface area contributed by atoms with Crippen molar-refractivity contribution in [2.45, 2.75) is 25.4 Å². The number of anilines is 1. The Morgan fingerprint density at radius 1 is 1.23 bits per heavy atom. The summed E-state index contributed by atoms with van der Waals surface area (Å²) in [5.41, 5.74) is 0.836. The summed E-state index contributed by atoms with van der Waals surface area (Å²) in [6.45, 7) is 3.43. The van der Waals surface area contributed by atoms with Crippen LogP contribution in [-0.4, -0.2) is 58.5 Å². The molecule has 1 spiro atoms. The van der Waals surface area contributed by atoms with Crippen molar-refractivity contribution in [2.75, 3.05) is 31.1 Å². The molecule has 2 aromatic heterocycles. The molecule has 2 aliphatic heterocycles. The van der Waals surface area contributed by atoms with Crippen LogP contribution in [0, 0.1) is 6.92 Å². The largest absolute Gasteiger partial charge is 0.469 e. The van der Waals surface area contributed by atoms with Crippen molar-refractivity contribution in [3.8, 4) is 0 Å². The third-order valence-electron chi connectivity index (χ3n) is 5.16. The quantitative estimate of drug-likeness (QED) is 0.808. The van der Waals surface area contributed by atoms with Gasteiger partial charge in [0.2, 0.25) is 0 Å². The Bertz CT molecular complexity index is 812. The predicted molar refractivity (Wildman–Crippen MR) is 91.7 cm³/mol. The summed E-state index contributed by atoms with van der Waals surface area (Å²) in [5, 5.41) is 0. The number of furan rings is 1. The van der Waals surface area contributed by atoms with Crippen LogP contribution >= 0.6 is 0 Å². The molecule has 0 radical (unpaired) electrons. The van der Waals surface area contributed by atoms with Gasteiger partial charge in [0.25, 0.3) is 11.8 Å². The van der Waals surface area contributed by atoms with Crippen LogP contribution in [0.3, 0.4) is 0 Å². The van der Waals surface area contributed by atoms with Crippen LogP contribution in [0.5, 0.6) is 0 Å². The van der Waals surface area contributed by atoms with Crippen LogP contribution in [0.25, 0.3) is 0 Å². The predicted octanol–water partition coefficient (Wildman–Crippen LogP) is 1.42. The number of ether oxygens (including phenoxy) is 1. The first kappa shape index (κ1) is 16.7. The average Bonchev–Trinajstić information content (AvgIpc) is 3.11. The minimum absolute atomic E-state index is 0.0219. The Kier molecular flexibility index (Phi) is 4.20. The number of carbonyl (C=O) groups is 2. The molecule has 0 bridgehead atoms. The van der Waals surface area contributed by atoms with Crippen LogP contribution in [0.2, 0.25) is 0 Å². The van der Waals surface area contributed by atoms with Gasteiger partial charge in [0.1, 0.15) is 18.7 Å². The molecule has 0 saturated carbocycles. The number of carbonyl (C=O) groups excluding carboxylic acids is 2. The van der Waals surface area contributed by atoms with Gasteiger partial charge < -0.3 is 19.0 Å². The topological polar surface area (TPSA) is 88.8 Å². The number of piperidine rings is 1. The monoisotopic (exact) mass is 356 g/mol. The highest BCUT2D eigenvalue weighted by atomic mass is 16.5. The van der Waals surface area contributed by atoms with Gasteiger partial charge in [-0.1, -0.05) is 0 Å². The Labute approximate surface area is 150 Å². The second kappa shape index (κ2) is 6.53. The van der Waals surface area contributed by atoms with Gasteiger partial charge in [0.15, 0.2) is 0 Å². The lowest BCUT2D eigenvalue weighted by molar-refractivity contribution is -0.143. The van der Waals surface area contributed by atoms with Crippen molar-refractivity contribution >= 4 is 17.5 Å². The Morgan fingerprint density at radius 2 is 1.96 bits per heavy atom. The third kappa shape index (κ3) is 2.96. The number of hydrogen-bond acceptors (Lipinski definition) is 6. The first-order chi connectivity index (χ1) is 12.6. The molecule has 136 valence electrons. The Morgan fingerprint density at radius 3 is 2.62 bits per heavy atom. The van der Waals surface area contributed by atoms with E-state index in [1.807, 2.05) is 4.90 Å². The molecule has 4 heterocycles. The Hall–Kier alpha value is -2.74. The molecule has 2 saturated heterocycles. The van der Waals surface area contributed by atoms with Gasteiger partial charge >= 0.3 is 0 Å². The van der Waals surface area contributed by atoms with E-state index >= 15 is 0 Å². The van der Waals surface area contributed by atoms with Crippen molar-refractivity contribution in [1.29, 1.82) is 0 Å². The maximum absolute atomic E-state index is 12.6.